The van der Waals surface area contributed by atoms with Gasteiger partial charge in [-0.05, 0) is 47.1 Å². The predicted octanol–water partition coefficient (Wildman–Crippen LogP) is 3.74. The molecule has 2 N–H and O–H groups in total. The van der Waals surface area contributed by atoms with E-state index < -0.39 is 0 Å². The van der Waals surface area contributed by atoms with Gasteiger partial charge in [-0.1, -0.05) is 32.9 Å². The number of anilines is 1. The molecule has 0 aromatic heterocycles. The molecule has 1 aromatic carbocycles. The van der Waals surface area contributed by atoms with E-state index in [4.69, 9.17) is 5.73 Å². The van der Waals surface area contributed by atoms with Crippen molar-refractivity contribution in [3.05, 3.63) is 35.4 Å². The Morgan fingerprint density at radius 1 is 1.33 bits per heavy atom. The molecule has 15 heavy (non-hydrogen) atoms. The van der Waals surface area contributed by atoms with Gasteiger partial charge in [0, 0.05) is 5.69 Å². The van der Waals surface area contributed by atoms with Crippen LogP contribution in [0.1, 0.15) is 44.7 Å². The molecule has 0 heterocycles. The first-order chi connectivity index (χ1) is 7.04. The highest BCUT2D eigenvalue weighted by Crippen LogP contribution is 2.40. The molecule has 0 bridgehead atoms. The maximum atomic E-state index is 5.86. The normalized spacial score (nSPS) is 18.2. The number of allylic oxidation sites excluding steroid dienone is 2. The van der Waals surface area contributed by atoms with E-state index in [1.54, 1.807) is 0 Å². The molecule has 0 amide bonds. The fourth-order valence-corrected chi connectivity index (χ4v) is 2.35. The predicted molar refractivity (Wildman–Crippen MR) is 66.8 cm³/mol. The van der Waals surface area contributed by atoms with E-state index in [1.807, 2.05) is 6.07 Å². The Morgan fingerprint density at radius 2 is 2.07 bits per heavy atom. The van der Waals surface area contributed by atoms with Crippen LogP contribution in [0.15, 0.2) is 24.3 Å². The third-order valence-corrected chi connectivity index (χ3v) is 3.36. The van der Waals surface area contributed by atoms with Gasteiger partial charge in [0.2, 0.25) is 0 Å². The van der Waals surface area contributed by atoms with Gasteiger partial charge in [0.25, 0.3) is 0 Å². The first-order valence-electron chi connectivity index (χ1n) is 5.64. The molecule has 0 atom stereocenters. The topological polar surface area (TPSA) is 26.0 Å². The van der Waals surface area contributed by atoms with E-state index in [0.29, 0.717) is 0 Å². The minimum absolute atomic E-state index is 0.252. The van der Waals surface area contributed by atoms with Crippen LogP contribution >= 0.6 is 0 Å². The summed E-state index contributed by atoms with van der Waals surface area (Å²) in [6, 6.07) is 6.32. The van der Waals surface area contributed by atoms with Gasteiger partial charge in [-0.2, -0.15) is 0 Å². The molecule has 0 aliphatic heterocycles. The molecule has 0 saturated carbocycles. The molecule has 0 unspecified atom stereocenters. The van der Waals surface area contributed by atoms with Gasteiger partial charge in [-0.25, -0.2) is 0 Å². The average molecular weight is 201 g/mol. The Balaban J connectivity index is 2.62. The minimum atomic E-state index is 0.252. The van der Waals surface area contributed by atoms with Crippen LogP contribution < -0.4 is 5.73 Å². The number of nitrogens with two attached hydrogens (primary N) is 1. The van der Waals surface area contributed by atoms with Crippen LogP contribution in [0.25, 0.3) is 5.57 Å². The van der Waals surface area contributed by atoms with Crippen LogP contribution in [0.2, 0.25) is 0 Å². The van der Waals surface area contributed by atoms with Crippen molar-refractivity contribution >= 4 is 11.3 Å². The first-order valence-corrected chi connectivity index (χ1v) is 5.64. The lowest BCUT2D eigenvalue weighted by molar-refractivity contribution is 0.526. The van der Waals surface area contributed by atoms with Gasteiger partial charge in [-0.3, -0.25) is 0 Å². The van der Waals surface area contributed by atoms with Crippen molar-refractivity contribution < 1.29 is 0 Å². The van der Waals surface area contributed by atoms with Gasteiger partial charge in [-0.15, -0.1) is 0 Å². The van der Waals surface area contributed by atoms with Crippen LogP contribution in [0, 0.1) is 0 Å². The molecule has 2 rings (SSSR count). The molecular weight excluding hydrogens is 182 g/mol. The molecular formula is C14H19N. The van der Waals surface area contributed by atoms with Gasteiger partial charge in [0.15, 0.2) is 0 Å². The Bertz CT molecular complexity index is 413. The van der Waals surface area contributed by atoms with Gasteiger partial charge < -0.3 is 5.73 Å². The summed E-state index contributed by atoms with van der Waals surface area (Å²) in [6.07, 6.45) is 4.58. The Labute approximate surface area is 92.0 Å². The summed E-state index contributed by atoms with van der Waals surface area (Å²) < 4.78 is 0. The zero-order valence-corrected chi connectivity index (χ0v) is 9.80. The van der Waals surface area contributed by atoms with Crippen molar-refractivity contribution in [3.63, 3.8) is 0 Å². The monoisotopic (exact) mass is 201 g/mol. The first kappa shape index (κ1) is 10.3. The number of fused-ring (bicyclic) bond motifs is 1. The maximum absolute atomic E-state index is 5.86. The molecule has 1 nitrogen and oxygen atoms in total. The quantitative estimate of drug-likeness (QED) is 0.688. The van der Waals surface area contributed by atoms with Crippen molar-refractivity contribution in [3.8, 4) is 0 Å². The van der Waals surface area contributed by atoms with Crippen LogP contribution in [0.4, 0.5) is 5.69 Å². The molecule has 0 radical (unpaired) electrons. The Hall–Kier alpha value is -1.24. The summed E-state index contributed by atoms with van der Waals surface area (Å²) in [5, 5.41) is 0. The van der Waals surface area contributed by atoms with Gasteiger partial charge >= 0.3 is 0 Å². The fourth-order valence-electron chi connectivity index (χ4n) is 2.35. The Kier molecular flexibility index (Phi) is 2.34. The number of hydrogen-bond acceptors (Lipinski definition) is 1. The number of hydrogen-bond donors (Lipinski definition) is 1. The number of nitrogen functional groups attached to an aromatic ring is 1. The van der Waals surface area contributed by atoms with Crippen molar-refractivity contribution in [2.75, 3.05) is 5.73 Å². The van der Waals surface area contributed by atoms with E-state index >= 15 is 0 Å². The van der Waals surface area contributed by atoms with Gasteiger partial charge in [0.05, 0.1) is 0 Å². The second kappa shape index (κ2) is 3.41. The standard InChI is InChI=1S/C14H19N/c1-4-10-7-8-14(2,3)13-6-5-11(15)9-12(10)13/h5-7,9H,4,8,15H2,1-3H3. The van der Waals surface area contributed by atoms with Crippen LogP contribution in [0.3, 0.4) is 0 Å². The van der Waals surface area contributed by atoms with Crippen molar-refractivity contribution in [2.45, 2.75) is 39.0 Å². The molecule has 1 aliphatic carbocycles. The van der Waals surface area contributed by atoms with Crippen LogP contribution in [-0.4, -0.2) is 0 Å². The molecule has 0 fully saturated rings. The largest absolute Gasteiger partial charge is 0.399 e. The molecule has 1 heteroatoms. The number of benzene rings is 1. The van der Waals surface area contributed by atoms with E-state index in [2.05, 4.69) is 39.0 Å². The summed E-state index contributed by atoms with van der Waals surface area (Å²) in [6.45, 7) is 6.80. The number of rotatable bonds is 1. The lowest BCUT2D eigenvalue weighted by Gasteiger charge is -2.32. The summed E-state index contributed by atoms with van der Waals surface area (Å²) in [7, 11) is 0. The second-order valence-electron chi connectivity index (χ2n) is 4.98. The molecule has 0 saturated heterocycles. The average Bonchev–Trinajstić information content (AvgIpc) is 2.17. The highest BCUT2D eigenvalue weighted by atomic mass is 14.5. The van der Waals surface area contributed by atoms with E-state index in [0.717, 1.165) is 18.5 Å². The molecule has 1 aromatic rings. The lowest BCUT2D eigenvalue weighted by Crippen LogP contribution is -2.21. The highest BCUT2D eigenvalue weighted by Gasteiger charge is 2.27. The molecule has 0 spiro atoms. The van der Waals surface area contributed by atoms with Crippen molar-refractivity contribution in [1.82, 2.24) is 0 Å². The lowest BCUT2D eigenvalue weighted by atomic mass is 9.73. The SMILES string of the molecule is CCC1=CCC(C)(C)c2ccc(N)cc21. The van der Waals surface area contributed by atoms with Crippen LogP contribution in [0.5, 0.6) is 0 Å². The third-order valence-electron chi connectivity index (χ3n) is 3.36. The zero-order valence-electron chi connectivity index (χ0n) is 9.80. The summed E-state index contributed by atoms with van der Waals surface area (Å²) in [5.74, 6) is 0. The van der Waals surface area contributed by atoms with Gasteiger partial charge in [0.1, 0.15) is 0 Å². The second-order valence-corrected chi connectivity index (χ2v) is 4.98. The smallest absolute Gasteiger partial charge is 0.0320 e. The van der Waals surface area contributed by atoms with E-state index in [9.17, 15) is 0 Å². The fraction of sp³-hybridized carbons (Fsp3) is 0.429. The Morgan fingerprint density at radius 3 is 2.73 bits per heavy atom. The van der Waals surface area contributed by atoms with E-state index in [1.165, 1.54) is 16.7 Å². The maximum Gasteiger partial charge on any atom is 0.0320 e. The molecule has 80 valence electrons. The summed E-state index contributed by atoms with van der Waals surface area (Å²) in [4.78, 5) is 0. The highest BCUT2D eigenvalue weighted by molar-refractivity contribution is 5.74. The zero-order chi connectivity index (χ0) is 11.1. The van der Waals surface area contributed by atoms with E-state index in [-0.39, 0.29) is 5.41 Å². The van der Waals surface area contributed by atoms with Crippen molar-refractivity contribution in [2.24, 2.45) is 0 Å². The summed E-state index contributed by atoms with van der Waals surface area (Å²) in [5.41, 5.74) is 11.2. The van der Waals surface area contributed by atoms with Crippen LogP contribution in [-0.2, 0) is 5.41 Å². The van der Waals surface area contributed by atoms with Crippen molar-refractivity contribution in [1.29, 1.82) is 0 Å². The minimum Gasteiger partial charge on any atom is -0.399 e. The third kappa shape index (κ3) is 1.67. The summed E-state index contributed by atoms with van der Waals surface area (Å²) >= 11 is 0. The molecule has 1 aliphatic rings.